The van der Waals surface area contributed by atoms with Gasteiger partial charge in [-0.3, -0.25) is 0 Å². The zero-order chi connectivity index (χ0) is 14.3. The average Bonchev–Trinajstić information content (AvgIpc) is 2.39. The van der Waals surface area contributed by atoms with Crippen molar-refractivity contribution in [2.75, 3.05) is 13.7 Å². The van der Waals surface area contributed by atoms with Crippen LogP contribution in [0.3, 0.4) is 0 Å². The van der Waals surface area contributed by atoms with Gasteiger partial charge in [0, 0.05) is 5.41 Å². The van der Waals surface area contributed by atoms with E-state index in [4.69, 9.17) is 9.47 Å². The molecule has 0 aliphatic heterocycles. The highest BCUT2D eigenvalue weighted by atomic mass is 16.5. The van der Waals surface area contributed by atoms with Gasteiger partial charge in [-0.05, 0) is 24.1 Å². The molecule has 3 nitrogen and oxygen atoms in total. The van der Waals surface area contributed by atoms with E-state index in [-0.39, 0.29) is 5.41 Å². The number of rotatable bonds is 8. The minimum absolute atomic E-state index is 0.277. The Morgan fingerprint density at radius 1 is 1.32 bits per heavy atom. The van der Waals surface area contributed by atoms with Gasteiger partial charge < -0.3 is 14.6 Å². The van der Waals surface area contributed by atoms with Crippen LogP contribution in [0.15, 0.2) is 36.9 Å². The predicted octanol–water partition coefficient (Wildman–Crippen LogP) is 3.18. The molecule has 0 bridgehead atoms. The second-order valence-electron chi connectivity index (χ2n) is 5.37. The molecule has 0 saturated carbocycles. The summed E-state index contributed by atoms with van der Waals surface area (Å²) in [5.74, 6) is 0.838. The van der Waals surface area contributed by atoms with Crippen LogP contribution in [0.1, 0.15) is 25.8 Å². The lowest BCUT2D eigenvalue weighted by Gasteiger charge is -2.29. The molecule has 0 unspecified atom stereocenters. The molecule has 0 heterocycles. The van der Waals surface area contributed by atoms with Gasteiger partial charge in [0.05, 0.1) is 26.4 Å². The van der Waals surface area contributed by atoms with Gasteiger partial charge in [-0.15, -0.1) is 6.58 Å². The van der Waals surface area contributed by atoms with E-state index >= 15 is 0 Å². The van der Waals surface area contributed by atoms with E-state index in [1.807, 2.05) is 38.1 Å². The van der Waals surface area contributed by atoms with Crippen LogP contribution in [-0.2, 0) is 11.3 Å². The summed E-state index contributed by atoms with van der Waals surface area (Å²) in [5.41, 5.74) is 0.815. The van der Waals surface area contributed by atoms with E-state index in [9.17, 15) is 5.11 Å². The highest BCUT2D eigenvalue weighted by Gasteiger charge is 2.27. The van der Waals surface area contributed by atoms with Crippen molar-refractivity contribution in [3.63, 3.8) is 0 Å². The van der Waals surface area contributed by atoms with Crippen molar-refractivity contribution in [1.29, 1.82) is 0 Å². The maximum Gasteiger partial charge on any atom is 0.118 e. The molecule has 0 spiro atoms. The van der Waals surface area contributed by atoms with Gasteiger partial charge in [0.2, 0.25) is 0 Å². The van der Waals surface area contributed by atoms with Gasteiger partial charge in [0.25, 0.3) is 0 Å². The summed E-state index contributed by atoms with van der Waals surface area (Å²) in [4.78, 5) is 0. The molecule has 19 heavy (non-hydrogen) atoms. The third-order valence-electron chi connectivity index (χ3n) is 3.19. The fourth-order valence-corrected chi connectivity index (χ4v) is 1.73. The summed E-state index contributed by atoms with van der Waals surface area (Å²) < 4.78 is 10.8. The highest BCUT2D eigenvalue weighted by molar-refractivity contribution is 5.26. The standard InChI is InChI=1S/C16H24O3/c1-5-6-15(17)16(2,3)12-19-11-13-7-9-14(18-4)10-8-13/h5,7-10,15,17H,1,6,11-12H2,2-4H3/t15-/m0/s1. The van der Waals surface area contributed by atoms with Crippen LogP contribution in [0.25, 0.3) is 0 Å². The molecule has 1 atom stereocenters. The monoisotopic (exact) mass is 264 g/mol. The maximum absolute atomic E-state index is 9.97. The Labute approximate surface area is 115 Å². The van der Waals surface area contributed by atoms with Gasteiger partial charge >= 0.3 is 0 Å². The Morgan fingerprint density at radius 2 is 1.95 bits per heavy atom. The van der Waals surface area contributed by atoms with Gasteiger partial charge in [0.15, 0.2) is 0 Å². The van der Waals surface area contributed by atoms with Crippen LogP contribution >= 0.6 is 0 Å². The lowest BCUT2D eigenvalue weighted by molar-refractivity contribution is -0.0273. The summed E-state index contributed by atoms with van der Waals surface area (Å²) in [6.45, 7) is 8.68. The van der Waals surface area contributed by atoms with Crippen LogP contribution in [0.2, 0.25) is 0 Å². The molecular formula is C16H24O3. The molecule has 106 valence electrons. The smallest absolute Gasteiger partial charge is 0.118 e. The normalized spacial score (nSPS) is 13.1. The molecule has 0 amide bonds. The van der Waals surface area contributed by atoms with Crippen molar-refractivity contribution in [3.8, 4) is 5.75 Å². The largest absolute Gasteiger partial charge is 0.497 e. The lowest BCUT2D eigenvalue weighted by Crippen LogP contribution is -2.33. The molecular weight excluding hydrogens is 240 g/mol. The summed E-state index contributed by atoms with van der Waals surface area (Å²) in [5, 5.41) is 9.97. The van der Waals surface area contributed by atoms with Gasteiger partial charge in [-0.1, -0.05) is 32.1 Å². The Balaban J connectivity index is 2.42. The van der Waals surface area contributed by atoms with Crippen LogP contribution in [0, 0.1) is 5.41 Å². The zero-order valence-corrected chi connectivity index (χ0v) is 12.1. The Hall–Kier alpha value is -1.32. The molecule has 1 N–H and O–H groups in total. The van der Waals surface area contributed by atoms with E-state index in [2.05, 4.69) is 6.58 Å². The fraction of sp³-hybridized carbons (Fsp3) is 0.500. The van der Waals surface area contributed by atoms with E-state index in [0.29, 0.717) is 19.6 Å². The van der Waals surface area contributed by atoms with Crippen molar-refractivity contribution in [2.24, 2.45) is 5.41 Å². The van der Waals surface area contributed by atoms with E-state index < -0.39 is 6.10 Å². The van der Waals surface area contributed by atoms with E-state index in [1.165, 1.54) is 0 Å². The van der Waals surface area contributed by atoms with Crippen molar-refractivity contribution >= 4 is 0 Å². The van der Waals surface area contributed by atoms with Crippen molar-refractivity contribution in [3.05, 3.63) is 42.5 Å². The number of hydrogen-bond acceptors (Lipinski definition) is 3. The summed E-state index contributed by atoms with van der Waals surface area (Å²) in [6.07, 6.45) is 1.88. The molecule has 3 heteroatoms. The molecule has 0 aliphatic carbocycles. The third kappa shape index (κ3) is 5.05. The first-order valence-electron chi connectivity index (χ1n) is 6.49. The minimum Gasteiger partial charge on any atom is -0.497 e. The molecule has 1 rings (SSSR count). The zero-order valence-electron chi connectivity index (χ0n) is 12.1. The maximum atomic E-state index is 9.97. The van der Waals surface area contributed by atoms with Crippen molar-refractivity contribution in [1.82, 2.24) is 0 Å². The number of aliphatic hydroxyl groups excluding tert-OH is 1. The predicted molar refractivity (Wildman–Crippen MR) is 77.3 cm³/mol. The van der Waals surface area contributed by atoms with Gasteiger partial charge in [-0.25, -0.2) is 0 Å². The number of hydrogen-bond donors (Lipinski definition) is 1. The summed E-state index contributed by atoms with van der Waals surface area (Å²) in [6, 6.07) is 7.78. The average molecular weight is 264 g/mol. The molecule has 0 radical (unpaired) electrons. The molecule has 0 aromatic heterocycles. The molecule has 0 saturated heterocycles. The number of aliphatic hydroxyl groups is 1. The first-order chi connectivity index (χ1) is 8.99. The Kier molecular flexibility index (Phi) is 6.06. The van der Waals surface area contributed by atoms with Gasteiger partial charge in [0.1, 0.15) is 5.75 Å². The second-order valence-corrected chi connectivity index (χ2v) is 5.37. The SMILES string of the molecule is C=CC[C@H](O)C(C)(C)COCc1ccc(OC)cc1. The first-order valence-corrected chi connectivity index (χ1v) is 6.49. The van der Waals surface area contributed by atoms with Crippen LogP contribution in [0.4, 0.5) is 0 Å². The van der Waals surface area contributed by atoms with Crippen molar-refractivity contribution in [2.45, 2.75) is 33.0 Å². The minimum atomic E-state index is -0.430. The molecule has 0 fully saturated rings. The highest BCUT2D eigenvalue weighted by Crippen LogP contribution is 2.24. The molecule has 1 aromatic rings. The number of ether oxygens (including phenoxy) is 2. The van der Waals surface area contributed by atoms with Gasteiger partial charge in [-0.2, -0.15) is 0 Å². The summed E-state index contributed by atoms with van der Waals surface area (Å²) >= 11 is 0. The Bertz CT molecular complexity index is 381. The van der Waals surface area contributed by atoms with E-state index in [0.717, 1.165) is 11.3 Å². The quantitative estimate of drug-likeness (QED) is 0.733. The molecule has 0 aliphatic rings. The third-order valence-corrected chi connectivity index (χ3v) is 3.19. The lowest BCUT2D eigenvalue weighted by atomic mass is 9.86. The van der Waals surface area contributed by atoms with E-state index in [1.54, 1.807) is 13.2 Å². The van der Waals surface area contributed by atoms with Crippen LogP contribution in [-0.4, -0.2) is 24.9 Å². The number of methoxy groups -OCH3 is 1. The topological polar surface area (TPSA) is 38.7 Å². The first kappa shape index (κ1) is 15.7. The van der Waals surface area contributed by atoms with Crippen LogP contribution < -0.4 is 4.74 Å². The van der Waals surface area contributed by atoms with Crippen molar-refractivity contribution < 1.29 is 14.6 Å². The summed E-state index contributed by atoms with van der Waals surface area (Å²) in [7, 11) is 1.65. The second kappa shape index (κ2) is 7.31. The Morgan fingerprint density at radius 3 is 2.47 bits per heavy atom. The fourth-order valence-electron chi connectivity index (χ4n) is 1.73. The number of benzene rings is 1. The van der Waals surface area contributed by atoms with Crippen LogP contribution in [0.5, 0.6) is 5.75 Å². The molecule has 1 aromatic carbocycles.